The summed E-state index contributed by atoms with van der Waals surface area (Å²) < 4.78 is 5.65. The summed E-state index contributed by atoms with van der Waals surface area (Å²) in [6, 6.07) is 6.89. The number of rotatable bonds is 5. The fourth-order valence-electron chi connectivity index (χ4n) is 2.72. The number of aliphatic hydroxyl groups is 1. The van der Waals surface area contributed by atoms with E-state index in [1.165, 1.54) is 11.3 Å². The van der Waals surface area contributed by atoms with Gasteiger partial charge in [-0.25, -0.2) is 4.98 Å². The topological polar surface area (TPSA) is 71.5 Å². The number of methoxy groups -OCH3 is 1. The molecule has 0 aliphatic heterocycles. The first-order valence-electron chi connectivity index (χ1n) is 7.31. The zero-order valence-electron chi connectivity index (χ0n) is 12.5. The third-order valence-electron chi connectivity index (χ3n) is 4.03. The quantitative estimate of drug-likeness (QED) is 0.867. The van der Waals surface area contributed by atoms with Gasteiger partial charge in [0.2, 0.25) is 5.88 Å². The Bertz CT molecular complexity index is 683. The molecule has 2 N–H and O–H groups in total. The van der Waals surface area contributed by atoms with Crippen LogP contribution in [0.1, 0.15) is 34.1 Å². The molecule has 3 rings (SSSR count). The Labute approximate surface area is 143 Å². The monoisotopic (exact) mass is 352 g/mol. The minimum atomic E-state index is -0.290. The largest absolute Gasteiger partial charge is 0.481 e. The second-order valence-electron chi connectivity index (χ2n) is 5.57. The van der Waals surface area contributed by atoms with Gasteiger partial charge in [0.1, 0.15) is 0 Å². The minimum absolute atomic E-state index is 0.163. The van der Waals surface area contributed by atoms with Crippen molar-refractivity contribution in [2.24, 2.45) is 5.92 Å². The molecule has 0 spiro atoms. The lowest BCUT2D eigenvalue weighted by molar-refractivity contribution is 0.0235. The summed E-state index contributed by atoms with van der Waals surface area (Å²) in [5.41, 5.74) is 0.902. The van der Waals surface area contributed by atoms with Crippen LogP contribution in [0.25, 0.3) is 0 Å². The Hall–Kier alpha value is -1.63. The third-order valence-corrected chi connectivity index (χ3v) is 5.26. The molecular formula is C16H17ClN2O3S. The molecule has 0 saturated heterocycles. The third kappa shape index (κ3) is 3.65. The van der Waals surface area contributed by atoms with Crippen molar-refractivity contribution in [3.05, 3.63) is 45.2 Å². The van der Waals surface area contributed by atoms with E-state index in [1.807, 2.05) is 6.07 Å². The Morgan fingerprint density at radius 1 is 1.43 bits per heavy atom. The number of hydrogen-bond acceptors (Lipinski definition) is 5. The van der Waals surface area contributed by atoms with Crippen LogP contribution in [0.2, 0.25) is 4.34 Å². The molecule has 2 aromatic rings. The molecule has 2 heterocycles. The van der Waals surface area contributed by atoms with Crippen LogP contribution in [0, 0.1) is 5.92 Å². The summed E-state index contributed by atoms with van der Waals surface area (Å²) in [6.07, 6.45) is 2.75. The molecule has 7 heteroatoms. The maximum Gasteiger partial charge on any atom is 0.261 e. The van der Waals surface area contributed by atoms with Crippen molar-refractivity contribution in [1.29, 1.82) is 0 Å². The van der Waals surface area contributed by atoms with Crippen LogP contribution in [0.4, 0.5) is 0 Å². The zero-order chi connectivity index (χ0) is 16.4. The van der Waals surface area contributed by atoms with Crippen LogP contribution in [0.15, 0.2) is 30.5 Å². The predicted molar refractivity (Wildman–Crippen MR) is 89.1 cm³/mol. The average molecular weight is 353 g/mol. The van der Waals surface area contributed by atoms with Crippen molar-refractivity contribution >= 4 is 28.8 Å². The molecule has 1 amide bonds. The molecule has 5 nitrogen and oxygen atoms in total. The van der Waals surface area contributed by atoms with Crippen LogP contribution in [0.5, 0.6) is 5.88 Å². The Morgan fingerprint density at radius 3 is 2.74 bits per heavy atom. The number of thiophene rings is 1. The molecule has 122 valence electrons. The fraction of sp³-hybridized carbons (Fsp3) is 0.375. The van der Waals surface area contributed by atoms with E-state index in [-0.39, 0.29) is 24.0 Å². The number of carbonyl (C=O) groups is 1. The molecule has 1 aliphatic carbocycles. The highest BCUT2D eigenvalue weighted by molar-refractivity contribution is 7.17. The lowest BCUT2D eigenvalue weighted by atomic mass is 9.75. The van der Waals surface area contributed by atoms with Gasteiger partial charge < -0.3 is 15.2 Å². The number of aromatic nitrogens is 1. The van der Waals surface area contributed by atoms with E-state index in [2.05, 4.69) is 10.3 Å². The van der Waals surface area contributed by atoms with E-state index in [4.69, 9.17) is 16.3 Å². The number of hydrogen-bond donors (Lipinski definition) is 2. The first kappa shape index (κ1) is 16.2. The van der Waals surface area contributed by atoms with E-state index in [0.29, 0.717) is 27.9 Å². The normalized spacial score (nSPS) is 21.3. The van der Waals surface area contributed by atoms with Crippen molar-refractivity contribution in [3.8, 4) is 5.88 Å². The predicted octanol–water partition coefficient (Wildman–Crippen LogP) is 3.05. The van der Waals surface area contributed by atoms with Gasteiger partial charge in [-0.05, 0) is 36.5 Å². The number of aliphatic hydroxyl groups excluding tert-OH is 1. The number of halogens is 1. The highest BCUT2D eigenvalue weighted by Crippen LogP contribution is 2.38. The Morgan fingerprint density at radius 2 is 2.22 bits per heavy atom. The van der Waals surface area contributed by atoms with Crippen molar-refractivity contribution in [1.82, 2.24) is 10.3 Å². The number of pyridine rings is 1. The van der Waals surface area contributed by atoms with Gasteiger partial charge in [0.15, 0.2) is 0 Å². The standard InChI is InChI=1S/C16H17ClN2O3S/c1-22-14-5-2-9(8-18-14)15(10-6-11(20)7-10)19-16(21)12-3-4-13(17)23-12/h2-5,8,10-11,15,20H,6-7H2,1H3,(H,19,21). The van der Waals surface area contributed by atoms with Crippen molar-refractivity contribution < 1.29 is 14.6 Å². The smallest absolute Gasteiger partial charge is 0.261 e. The molecule has 0 aromatic carbocycles. The van der Waals surface area contributed by atoms with Crippen molar-refractivity contribution in [2.75, 3.05) is 7.11 Å². The highest BCUT2D eigenvalue weighted by atomic mass is 35.5. The molecule has 0 radical (unpaired) electrons. The summed E-state index contributed by atoms with van der Waals surface area (Å²) in [7, 11) is 1.56. The maximum atomic E-state index is 12.4. The van der Waals surface area contributed by atoms with E-state index >= 15 is 0 Å². The molecular weight excluding hydrogens is 336 g/mol. The van der Waals surface area contributed by atoms with Gasteiger partial charge in [0, 0.05) is 12.3 Å². The number of carbonyl (C=O) groups excluding carboxylic acids is 1. The SMILES string of the molecule is COc1ccc(C(NC(=O)c2ccc(Cl)s2)C2CC(O)C2)cn1. The van der Waals surface area contributed by atoms with E-state index in [1.54, 1.807) is 31.5 Å². The minimum Gasteiger partial charge on any atom is -0.481 e. The van der Waals surface area contributed by atoms with Crippen LogP contribution in [-0.4, -0.2) is 29.2 Å². The second-order valence-corrected chi connectivity index (χ2v) is 7.29. The van der Waals surface area contributed by atoms with Gasteiger partial charge in [-0.1, -0.05) is 17.7 Å². The number of ether oxygens (including phenoxy) is 1. The number of nitrogens with zero attached hydrogens (tertiary/aromatic N) is 1. The second kappa shape index (κ2) is 6.86. The number of nitrogens with one attached hydrogen (secondary N) is 1. The van der Waals surface area contributed by atoms with Gasteiger partial charge in [-0.3, -0.25) is 4.79 Å². The lowest BCUT2D eigenvalue weighted by Gasteiger charge is -2.38. The van der Waals surface area contributed by atoms with Crippen LogP contribution in [0.3, 0.4) is 0 Å². The molecule has 1 fully saturated rings. The highest BCUT2D eigenvalue weighted by Gasteiger charge is 2.36. The maximum absolute atomic E-state index is 12.4. The molecule has 23 heavy (non-hydrogen) atoms. The Kier molecular flexibility index (Phi) is 4.84. The molecule has 2 aromatic heterocycles. The van der Waals surface area contributed by atoms with Crippen LogP contribution >= 0.6 is 22.9 Å². The van der Waals surface area contributed by atoms with Crippen LogP contribution in [-0.2, 0) is 0 Å². The first-order chi connectivity index (χ1) is 11.1. The molecule has 1 unspecified atom stereocenters. The zero-order valence-corrected chi connectivity index (χ0v) is 14.1. The van der Waals surface area contributed by atoms with Gasteiger partial charge in [-0.2, -0.15) is 0 Å². The van der Waals surface area contributed by atoms with Crippen molar-refractivity contribution in [3.63, 3.8) is 0 Å². The first-order valence-corrected chi connectivity index (χ1v) is 8.50. The molecule has 1 atom stereocenters. The van der Waals surface area contributed by atoms with Gasteiger partial charge in [-0.15, -0.1) is 11.3 Å². The van der Waals surface area contributed by atoms with E-state index in [9.17, 15) is 9.90 Å². The van der Waals surface area contributed by atoms with Gasteiger partial charge in [0.25, 0.3) is 5.91 Å². The molecule has 0 bridgehead atoms. The average Bonchev–Trinajstić information content (AvgIpc) is 2.96. The van der Waals surface area contributed by atoms with Crippen LogP contribution < -0.4 is 10.1 Å². The fourth-order valence-corrected chi connectivity index (χ4v) is 3.67. The summed E-state index contributed by atoms with van der Waals surface area (Å²) in [6.45, 7) is 0. The summed E-state index contributed by atoms with van der Waals surface area (Å²) in [5, 5.41) is 12.6. The lowest BCUT2D eigenvalue weighted by Crippen LogP contribution is -2.41. The molecule has 1 saturated carbocycles. The number of amides is 1. The van der Waals surface area contributed by atoms with E-state index in [0.717, 1.165) is 5.56 Å². The summed E-state index contributed by atoms with van der Waals surface area (Å²) in [5.74, 6) is 0.557. The molecule has 1 aliphatic rings. The van der Waals surface area contributed by atoms with E-state index < -0.39 is 0 Å². The van der Waals surface area contributed by atoms with Crippen molar-refractivity contribution in [2.45, 2.75) is 25.0 Å². The summed E-state index contributed by atoms with van der Waals surface area (Å²) in [4.78, 5) is 17.2. The van der Waals surface area contributed by atoms with Gasteiger partial charge >= 0.3 is 0 Å². The Balaban J connectivity index is 1.79. The van der Waals surface area contributed by atoms with Gasteiger partial charge in [0.05, 0.1) is 28.5 Å². The summed E-state index contributed by atoms with van der Waals surface area (Å²) >= 11 is 7.14.